The van der Waals surface area contributed by atoms with Gasteiger partial charge < -0.3 is 9.52 Å². The number of carboxylic acids is 1. The average molecular weight is 151 g/mol. The van der Waals surface area contributed by atoms with Crippen LogP contribution in [0.25, 0.3) is 0 Å². The van der Waals surface area contributed by atoms with Crippen LogP contribution in [0.15, 0.2) is 16.5 Å². The molecule has 0 fully saturated rings. The number of nitrogens with zero attached hydrogens (tertiary/aromatic N) is 1. The van der Waals surface area contributed by atoms with Crippen LogP contribution < -0.4 is 0 Å². The van der Waals surface area contributed by atoms with Crippen molar-refractivity contribution in [1.29, 1.82) is 5.26 Å². The number of furan rings is 1. The quantitative estimate of drug-likeness (QED) is 0.685. The molecule has 0 aliphatic rings. The molecule has 0 saturated heterocycles. The molecule has 1 heterocycles. The molecule has 56 valence electrons. The van der Waals surface area contributed by atoms with E-state index in [9.17, 15) is 4.79 Å². The van der Waals surface area contributed by atoms with E-state index in [1.807, 2.05) is 6.07 Å². The minimum atomic E-state index is -1.12. The predicted octanol–water partition coefficient (Wildman–Crippen LogP) is 1.04. The Morgan fingerprint density at radius 2 is 2.45 bits per heavy atom. The normalized spacial score (nSPS) is 9.00. The van der Waals surface area contributed by atoms with Gasteiger partial charge >= 0.3 is 5.97 Å². The molecule has 1 aromatic rings. The SMILES string of the molecule is N#CCc1ccc(C(=O)O)o1. The summed E-state index contributed by atoms with van der Waals surface area (Å²) in [4.78, 5) is 10.2. The second kappa shape index (κ2) is 2.88. The monoisotopic (exact) mass is 151 g/mol. The Balaban J connectivity index is 2.83. The first kappa shape index (κ1) is 7.35. The Morgan fingerprint density at radius 3 is 2.91 bits per heavy atom. The molecule has 4 heteroatoms. The fourth-order valence-electron chi connectivity index (χ4n) is 0.666. The molecule has 1 N–H and O–H groups in total. The molecule has 4 nitrogen and oxygen atoms in total. The summed E-state index contributed by atoms with van der Waals surface area (Å²) in [6.45, 7) is 0. The van der Waals surface area contributed by atoms with Gasteiger partial charge in [0.25, 0.3) is 0 Å². The van der Waals surface area contributed by atoms with E-state index < -0.39 is 5.97 Å². The van der Waals surface area contributed by atoms with Crippen molar-refractivity contribution < 1.29 is 14.3 Å². The molecular weight excluding hydrogens is 146 g/mol. The fourth-order valence-corrected chi connectivity index (χ4v) is 0.666. The topological polar surface area (TPSA) is 74.2 Å². The number of carbonyl (C=O) groups is 1. The Morgan fingerprint density at radius 1 is 1.73 bits per heavy atom. The Bertz CT molecular complexity index is 308. The number of nitriles is 1. The van der Waals surface area contributed by atoms with E-state index in [0.717, 1.165) is 0 Å². The summed E-state index contributed by atoms with van der Waals surface area (Å²) in [6.07, 6.45) is 0.104. The molecule has 0 unspecified atom stereocenters. The van der Waals surface area contributed by atoms with Crippen molar-refractivity contribution in [3.63, 3.8) is 0 Å². The van der Waals surface area contributed by atoms with Gasteiger partial charge in [-0.15, -0.1) is 0 Å². The lowest BCUT2D eigenvalue weighted by atomic mass is 10.3. The summed E-state index contributed by atoms with van der Waals surface area (Å²) in [6, 6.07) is 4.66. The summed E-state index contributed by atoms with van der Waals surface area (Å²) in [5.41, 5.74) is 0. The molecular formula is C7H5NO3. The summed E-state index contributed by atoms with van der Waals surface area (Å²) in [5, 5.41) is 16.6. The highest BCUT2D eigenvalue weighted by Gasteiger charge is 2.07. The van der Waals surface area contributed by atoms with Crippen LogP contribution in [0.1, 0.15) is 16.3 Å². The standard InChI is InChI=1S/C7H5NO3/c8-4-3-5-1-2-6(11-5)7(9)10/h1-2H,3H2,(H,9,10). The number of hydrogen-bond acceptors (Lipinski definition) is 3. The minimum Gasteiger partial charge on any atom is -0.475 e. The third kappa shape index (κ3) is 1.58. The second-order valence-corrected chi connectivity index (χ2v) is 1.91. The molecule has 0 bridgehead atoms. The van der Waals surface area contributed by atoms with Crippen molar-refractivity contribution >= 4 is 5.97 Å². The Kier molecular flexibility index (Phi) is 1.93. The predicted molar refractivity (Wildman–Crippen MR) is 35.0 cm³/mol. The lowest BCUT2D eigenvalue weighted by Gasteiger charge is -1.84. The smallest absolute Gasteiger partial charge is 0.371 e. The van der Waals surface area contributed by atoms with E-state index in [1.54, 1.807) is 0 Å². The number of aromatic carboxylic acids is 1. The molecule has 0 spiro atoms. The number of carboxylic acid groups (broad SMARTS) is 1. The summed E-state index contributed by atoms with van der Waals surface area (Å²) < 4.78 is 4.76. The Hall–Kier alpha value is -1.76. The summed E-state index contributed by atoms with van der Waals surface area (Å²) in [5.74, 6) is -0.866. The highest BCUT2D eigenvalue weighted by atomic mass is 16.4. The lowest BCUT2D eigenvalue weighted by Crippen LogP contribution is -1.91. The van der Waals surface area contributed by atoms with Crippen LogP contribution in [-0.4, -0.2) is 11.1 Å². The molecule has 0 aliphatic heterocycles. The van der Waals surface area contributed by atoms with Gasteiger partial charge in [-0.3, -0.25) is 0 Å². The Labute approximate surface area is 62.7 Å². The molecule has 1 aromatic heterocycles. The van der Waals surface area contributed by atoms with E-state index in [0.29, 0.717) is 5.76 Å². The molecule has 0 amide bonds. The summed E-state index contributed by atoms with van der Waals surface area (Å²) >= 11 is 0. The third-order valence-corrected chi connectivity index (χ3v) is 1.13. The van der Waals surface area contributed by atoms with Crippen molar-refractivity contribution in [2.24, 2.45) is 0 Å². The minimum absolute atomic E-state index is 0.104. The average Bonchev–Trinajstić information content (AvgIpc) is 2.37. The van der Waals surface area contributed by atoms with Gasteiger partial charge in [-0.1, -0.05) is 0 Å². The van der Waals surface area contributed by atoms with Gasteiger partial charge in [0.15, 0.2) is 0 Å². The zero-order valence-corrected chi connectivity index (χ0v) is 5.57. The van der Waals surface area contributed by atoms with Crippen LogP contribution in [0.5, 0.6) is 0 Å². The van der Waals surface area contributed by atoms with Crippen molar-refractivity contribution in [2.45, 2.75) is 6.42 Å². The maximum atomic E-state index is 10.2. The van der Waals surface area contributed by atoms with Crippen molar-refractivity contribution in [2.75, 3.05) is 0 Å². The second-order valence-electron chi connectivity index (χ2n) is 1.91. The fraction of sp³-hybridized carbons (Fsp3) is 0.143. The maximum absolute atomic E-state index is 10.2. The first-order valence-electron chi connectivity index (χ1n) is 2.93. The van der Waals surface area contributed by atoms with Crippen molar-refractivity contribution in [3.8, 4) is 6.07 Å². The largest absolute Gasteiger partial charge is 0.475 e. The van der Waals surface area contributed by atoms with Gasteiger partial charge in [0.2, 0.25) is 5.76 Å². The van der Waals surface area contributed by atoms with Gasteiger partial charge in [-0.05, 0) is 12.1 Å². The van der Waals surface area contributed by atoms with E-state index in [-0.39, 0.29) is 12.2 Å². The van der Waals surface area contributed by atoms with E-state index in [4.69, 9.17) is 14.8 Å². The number of rotatable bonds is 2. The number of hydrogen-bond donors (Lipinski definition) is 1. The molecule has 0 radical (unpaired) electrons. The van der Waals surface area contributed by atoms with Gasteiger partial charge in [-0.2, -0.15) is 5.26 Å². The van der Waals surface area contributed by atoms with Gasteiger partial charge in [0.05, 0.1) is 12.5 Å². The highest BCUT2D eigenvalue weighted by Crippen LogP contribution is 2.07. The van der Waals surface area contributed by atoms with Crippen LogP contribution in [-0.2, 0) is 6.42 Å². The van der Waals surface area contributed by atoms with Gasteiger partial charge in [0, 0.05) is 0 Å². The highest BCUT2D eigenvalue weighted by molar-refractivity contribution is 5.84. The van der Waals surface area contributed by atoms with Crippen molar-refractivity contribution in [3.05, 3.63) is 23.7 Å². The van der Waals surface area contributed by atoms with E-state index in [2.05, 4.69) is 0 Å². The molecule has 0 aliphatic carbocycles. The zero-order valence-electron chi connectivity index (χ0n) is 5.57. The van der Waals surface area contributed by atoms with E-state index >= 15 is 0 Å². The molecule has 0 saturated carbocycles. The van der Waals surface area contributed by atoms with Crippen molar-refractivity contribution in [1.82, 2.24) is 0 Å². The first-order valence-corrected chi connectivity index (χ1v) is 2.93. The molecule has 11 heavy (non-hydrogen) atoms. The van der Waals surface area contributed by atoms with E-state index in [1.165, 1.54) is 12.1 Å². The summed E-state index contributed by atoms with van der Waals surface area (Å²) in [7, 11) is 0. The maximum Gasteiger partial charge on any atom is 0.371 e. The zero-order chi connectivity index (χ0) is 8.27. The van der Waals surface area contributed by atoms with Gasteiger partial charge in [-0.25, -0.2) is 4.79 Å². The molecule has 0 atom stereocenters. The van der Waals surface area contributed by atoms with Crippen LogP contribution in [0.2, 0.25) is 0 Å². The van der Waals surface area contributed by atoms with Crippen LogP contribution in [0.3, 0.4) is 0 Å². The van der Waals surface area contributed by atoms with Gasteiger partial charge in [0.1, 0.15) is 5.76 Å². The first-order chi connectivity index (χ1) is 5.24. The molecule has 1 rings (SSSR count). The van der Waals surface area contributed by atoms with Crippen LogP contribution in [0, 0.1) is 11.3 Å². The van der Waals surface area contributed by atoms with Crippen LogP contribution >= 0.6 is 0 Å². The lowest BCUT2D eigenvalue weighted by molar-refractivity contribution is 0.0660. The molecule has 0 aromatic carbocycles. The van der Waals surface area contributed by atoms with Crippen LogP contribution in [0.4, 0.5) is 0 Å². The third-order valence-electron chi connectivity index (χ3n) is 1.13.